The fraction of sp³-hybridized carbons (Fsp3) is 0.364. The van der Waals surface area contributed by atoms with E-state index in [1.807, 2.05) is 0 Å². The van der Waals surface area contributed by atoms with Crippen LogP contribution in [0.3, 0.4) is 0 Å². The van der Waals surface area contributed by atoms with E-state index in [-0.39, 0.29) is 18.8 Å². The maximum Gasteiger partial charge on any atom is 0.311 e. The highest BCUT2D eigenvalue weighted by atomic mass is 16.5. The molecule has 2 rings (SSSR count). The minimum atomic E-state index is -1.03. The number of nitrogens with one attached hydrogen (secondary N) is 2. The van der Waals surface area contributed by atoms with Crippen LogP contribution in [0.4, 0.5) is 0 Å². The van der Waals surface area contributed by atoms with Crippen LogP contribution in [-0.2, 0) is 9.53 Å². The van der Waals surface area contributed by atoms with Crippen LogP contribution >= 0.6 is 0 Å². The number of rotatable bonds is 3. The Bertz CT molecular complexity index is 524. The van der Waals surface area contributed by atoms with Gasteiger partial charge in [0, 0.05) is 18.5 Å². The Morgan fingerprint density at radius 3 is 2.89 bits per heavy atom. The number of amides is 1. The Balaban J connectivity index is 2.10. The summed E-state index contributed by atoms with van der Waals surface area (Å²) in [5.74, 6) is -2.41. The summed E-state index contributed by atoms with van der Waals surface area (Å²) in [6, 6.07) is 0.615. The lowest BCUT2D eigenvalue weighted by atomic mass is 10.0. The van der Waals surface area contributed by atoms with Crippen LogP contribution in [-0.4, -0.2) is 41.2 Å². The van der Waals surface area contributed by atoms with E-state index in [2.05, 4.69) is 10.3 Å². The van der Waals surface area contributed by atoms with Crippen LogP contribution in [0.15, 0.2) is 23.3 Å². The van der Waals surface area contributed by atoms with E-state index in [0.29, 0.717) is 0 Å². The standard InChI is InChI=1S/C11H12N2O5/c14-9-1-2-12-3-6(9)10(15)13-8-5-18-4-7(8)11(16)17/h1-3,7-8H,4-5H2,(H,12,14)(H,13,15)(H,16,17). The molecule has 2 unspecified atom stereocenters. The first-order valence-corrected chi connectivity index (χ1v) is 5.38. The van der Waals surface area contributed by atoms with Crippen molar-refractivity contribution >= 4 is 11.9 Å². The number of pyridine rings is 1. The van der Waals surface area contributed by atoms with Crippen molar-refractivity contribution in [1.29, 1.82) is 0 Å². The third-order valence-electron chi connectivity index (χ3n) is 2.78. The molecule has 0 bridgehead atoms. The summed E-state index contributed by atoms with van der Waals surface area (Å²) in [5.41, 5.74) is -0.467. The Morgan fingerprint density at radius 1 is 1.44 bits per heavy atom. The third kappa shape index (κ3) is 2.40. The molecule has 0 saturated carbocycles. The average Bonchev–Trinajstić information content (AvgIpc) is 2.77. The number of carbonyl (C=O) groups excluding carboxylic acids is 1. The minimum Gasteiger partial charge on any atom is -0.481 e. The number of carbonyl (C=O) groups is 2. The van der Waals surface area contributed by atoms with Crippen molar-refractivity contribution in [3.05, 3.63) is 34.2 Å². The lowest BCUT2D eigenvalue weighted by Gasteiger charge is -2.15. The van der Waals surface area contributed by atoms with Crippen molar-refractivity contribution in [1.82, 2.24) is 10.3 Å². The largest absolute Gasteiger partial charge is 0.481 e. The number of hydrogen-bond donors (Lipinski definition) is 3. The number of aliphatic carboxylic acids is 1. The van der Waals surface area contributed by atoms with Gasteiger partial charge in [0.1, 0.15) is 11.5 Å². The van der Waals surface area contributed by atoms with Crippen molar-refractivity contribution in [3.8, 4) is 0 Å². The Hall–Kier alpha value is -2.15. The molecule has 2 atom stereocenters. The van der Waals surface area contributed by atoms with Crippen LogP contribution in [0.1, 0.15) is 10.4 Å². The number of aromatic amines is 1. The Kier molecular flexibility index (Phi) is 3.42. The fourth-order valence-corrected chi connectivity index (χ4v) is 1.78. The highest BCUT2D eigenvalue weighted by Crippen LogP contribution is 2.14. The molecule has 1 aromatic heterocycles. The van der Waals surface area contributed by atoms with E-state index < -0.39 is 29.3 Å². The molecule has 0 aliphatic carbocycles. The van der Waals surface area contributed by atoms with Gasteiger partial charge in [-0.2, -0.15) is 0 Å². The van der Waals surface area contributed by atoms with Gasteiger partial charge in [0.05, 0.1) is 19.3 Å². The SMILES string of the molecule is O=C(NC1COCC1C(=O)O)c1c[nH]ccc1=O. The van der Waals surface area contributed by atoms with Crippen LogP contribution < -0.4 is 10.7 Å². The molecule has 1 saturated heterocycles. The second-order valence-corrected chi connectivity index (χ2v) is 3.98. The molecular weight excluding hydrogens is 240 g/mol. The fourth-order valence-electron chi connectivity index (χ4n) is 1.78. The zero-order valence-corrected chi connectivity index (χ0v) is 9.38. The number of ether oxygens (including phenoxy) is 1. The lowest BCUT2D eigenvalue weighted by molar-refractivity contribution is -0.142. The van der Waals surface area contributed by atoms with Gasteiger partial charge < -0.3 is 20.1 Å². The van der Waals surface area contributed by atoms with E-state index in [1.54, 1.807) is 0 Å². The summed E-state index contributed by atoms with van der Waals surface area (Å²) < 4.78 is 5.02. The van der Waals surface area contributed by atoms with Gasteiger partial charge in [-0.25, -0.2) is 0 Å². The van der Waals surface area contributed by atoms with E-state index in [0.717, 1.165) is 0 Å². The third-order valence-corrected chi connectivity index (χ3v) is 2.78. The number of aromatic nitrogens is 1. The van der Waals surface area contributed by atoms with Crippen LogP contribution in [0, 0.1) is 5.92 Å². The predicted octanol–water partition coefficient (Wildman–Crippen LogP) is -0.796. The van der Waals surface area contributed by atoms with Crippen LogP contribution in [0.25, 0.3) is 0 Å². The second kappa shape index (κ2) is 5.01. The molecule has 1 amide bonds. The van der Waals surface area contributed by atoms with E-state index in [9.17, 15) is 14.4 Å². The summed E-state index contributed by atoms with van der Waals surface area (Å²) in [5, 5.41) is 11.4. The lowest BCUT2D eigenvalue weighted by Crippen LogP contribution is -2.43. The normalized spacial score (nSPS) is 22.7. The Labute approximate surface area is 102 Å². The van der Waals surface area contributed by atoms with Crippen molar-refractivity contribution in [2.24, 2.45) is 5.92 Å². The maximum absolute atomic E-state index is 11.8. The Morgan fingerprint density at radius 2 is 2.22 bits per heavy atom. The van der Waals surface area contributed by atoms with Gasteiger partial charge in [-0.05, 0) is 0 Å². The molecule has 7 heteroatoms. The zero-order chi connectivity index (χ0) is 13.1. The van der Waals surface area contributed by atoms with Crippen LogP contribution in [0.2, 0.25) is 0 Å². The molecule has 1 aliphatic rings. The number of H-pyrrole nitrogens is 1. The molecule has 0 radical (unpaired) electrons. The summed E-state index contributed by atoms with van der Waals surface area (Å²) in [6.45, 7) is 0.193. The van der Waals surface area contributed by atoms with Gasteiger partial charge in [-0.1, -0.05) is 0 Å². The zero-order valence-electron chi connectivity index (χ0n) is 9.38. The topological polar surface area (TPSA) is 108 Å². The molecule has 7 nitrogen and oxygen atoms in total. The highest BCUT2D eigenvalue weighted by molar-refractivity contribution is 5.94. The summed E-state index contributed by atoms with van der Waals surface area (Å²) in [7, 11) is 0. The summed E-state index contributed by atoms with van der Waals surface area (Å²) in [6.07, 6.45) is 2.70. The van der Waals surface area contributed by atoms with E-state index in [1.165, 1.54) is 18.5 Å². The van der Waals surface area contributed by atoms with Crippen LogP contribution in [0.5, 0.6) is 0 Å². The maximum atomic E-state index is 11.8. The molecule has 1 fully saturated rings. The molecule has 2 heterocycles. The first kappa shape index (κ1) is 12.3. The predicted molar refractivity (Wildman–Crippen MR) is 60.3 cm³/mol. The molecule has 96 valence electrons. The minimum absolute atomic E-state index is 0.0476. The molecule has 1 aromatic rings. The second-order valence-electron chi connectivity index (χ2n) is 3.98. The highest BCUT2D eigenvalue weighted by Gasteiger charge is 2.35. The van der Waals surface area contributed by atoms with Crippen molar-refractivity contribution in [2.45, 2.75) is 6.04 Å². The first-order chi connectivity index (χ1) is 8.59. The number of hydrogen-bond acceptors (Lipinski definition) is 4. The quantitative estimate of drug-likeness (QED) is 0.653. The molecule has 3 N–H and O–H groups in total. The van der Waals surface area contributed by atoms with Crippen molar-refractivity contribution in [3.63, 3.8) is 0 Å². The first-order valence-electron chi connectivity index (χ1n) is 5.38. The van der Waals surface area contributed by atoms with Gasteiger partial charge in [-0.15, -0.1) is 0 Å². The molecule has 1 aliphatic heterocycles. The van der Waals surface area contributed by atoms with Gasteiger partial charge >= 0.3 is 5.97 Å². The average molecular weight is 252 g/mol. The van der Waals surface area contributed by atoms with Crippen molar-refractivity contribution < 1.29 is 19.4 Å². The smallest absolute Gasteiger partial charge is 0.311 e. The van der Waals surface area contributed by atoms with Crippen molar-refractivity contribution in [2.75, 3.05) is 13.2 Å². The molecule has 18 heavy (non-hydrogen) atoms. The van der Waals surface area contributed by atoms with E-state index in [4.69, 9.17) is 9.84 Å². The number of carboxylic acids is 1. The summed E-state index contributed by atoms with van der Waals surface area (Å²) in [4.78, 5) is 36.8. The van der Waals surface area contributed by atoms with Gasteiger partial charge in [0.2, 0.25) is 0 Å². The van der Waals surface area contributed by atoms with Gasteiger partial charge in [0.25, 0.3) is 5.91 Å². The molecule has 0 aromatic carbocycles. The monoisotopic (exact) mass is 252 g/mol. The molecular formula is C11H12N2O5. The summed E-state index contributed by atoms with van der Waals surface area (Å²) >= 11 is 0. The number of carboxylic acid groups (broad SMARTS) is 1. The van der Waals surface area contributed by atoms with E-state index >= 15 is 0 Å². The van der Waals surface area contributed by atoms with Gasteiger partial charge in [-0.3, -0.25) is 14.4 Å². The van der Waals surface area contributed by atoms with Gasteiger partial charge in [0.15, 0.2) is 5.43 Å². The molecule has 0 spiro atoms.